The first-order valence-corrected chi connectivity index (χ1v) is 10.4. The molecule has 0 radical (unpaired) electrons. The zero-order valence-corrected chi connectivity index (χ0v) is 17.1. The molecule has 0 bridgehead atoms. The van der Waals surface area contributed by atoms with E-state index in [4.69, 9.17) is 0 Å². The summed E-state index contributed by atoms with van der Waals surface area (Å²) in [5.41, 5.74) is 4.61. The molecule has 160 valence electrons. The van der Waals surface area contributed by atoms with Gasteiger partial charge in [0.25, 0.3) is 5.91 Å². The number of carbonyl (C=O) groups is 2. The van der Waals surface area contributed by atoms with Crippen LogP contribution in [0.2, 0.25) is 0 Å². The van der Waals surface area contributed by atoms with Crippen molar-refractivity contribution in [1.29, 1.82) is 0 Å². The highest BCUT2D eigenvalue weighted by molar-refractivity contribution is 6.00. The number of anilines is 1. The van der Waals surface area contributed by atoms with Crippen molar-refractivity contribution in [3.63, 3.8) is 0 Å². The first kappa shape index (κ1) is 19.7. The summed E-state index contributed by atoms with van der Waals surface area (Å²) < 4.78 is 0. The largest absolute Gasteiger partial charge is 0.337 e. The fraction of sp³-hybridized carbons (Fsp3) is 0.174. The van der Waals surface area contributed by atoms with Crippen molar-refractivity contribution in [3.05, 3.63) is 83.6 Å². The molecule has 9 nitrogen and oxygen atoms in total. The highest BCUT2D eigenvalue weighted by Gasteiger charge is 2.27. The van der Waals surface area contributed by atoms with E-state index < -0.39 is 11.9 Å². The third-order valence-corrected chi connectivity index (χ3v) is 5.45. The second-order valence-electron chi connectivity index (χ2n) is 7.67. The number of hydrogen-bond donors (Lipinski definition) is 4. The maximum atomic E-state index is 12.7. The second kappa shape index (κ2) is 8.46. The van der Waals surface area contributed by atoms with Gasteiger partial charge in [0.2, 0.25) is 11.7 Å². The highest BCUT2D eigenvalue weighted by atomic mass is 16.2. The number of aryl methyl sites for hydroxylation is 1. The summed E-state index contributed by atoms with van der Waals surface area (Å²) in [6.45, 7) is 0. The van der Waals surface area contributed by atoms with Crippen molar-refractivity contribution < 1.29 is 9.59 Å². The van der Waals surface area contributed by atoms with E-state index in [-0.39, 0.29) is 11.7 Å². The molecule has 2 aromatic heterocycles. The Labute approximate surface area is 183 Å². The Bertz CT molecular complexity index is 1250. The summed E-state index contributed by atoms with van der Waals surface area (Å²) in [7, 11) is 0. The molecular formula is C23H21N7O2. The molecule has 3 heterocycles. The highest BCUT2D eigenvalue weighted by Crippen LogP contribution is 2.27. The van der Waals surface area contributed by atoms with E-state index in [2.05, 4.69) is 36.0 Å². The molecule has 1 atom stereocenters. The fourth-order valence-corrected chi connectivity index (χ4v) is 3.79. The van der Waals surface area contributed by atoms with Gasteiger partial charge in [-0.05, 0) is 42.2 Å². The first-order valence-electron chi connectivity index (χ1n) is 10.4. The number of H-pyrrole nitrogens is 2. The van der Waals surface area contributed by atoms with Crippen LogP contribution in [0.3, 0.4) is 0 Å². The monoisotopic (exact) mass is 427 g/mol. The number of aromatic nitrogens is 5. The Morgan fingerprint density at radius 3 is 2.78 bits per heavy atom. The van der Waals surface area contributed by atoms with E-state index in [1.807, 2.05) is 54.6 Å². The molecule has 0 aliphatic carbocycles. The van der Waals surface area contributed by atoms with Gasteiger partial charge >= 0.3 is 0 Å². The molecule has 9 heteroatoms. The van der Waals surface area contributed by atoms with Gasteiger partial charge in [-0.3, -0.25) is 14.7 Å². The van der Waals surface area contributed by atoms with E-state index in [1.165, 1.54) is 0 Å². The Balaban J connectivity index is 1.26. The summed E-state index contributed by atoms with van der Waals surface area (Å²) in [5, 5.41) is 20.7. The summed E-state index contributed by atoms with van der Waals surface area (Å²) in [6.07, 6.45) is 3.41. The molecule has 0 fully saturated rings. The Morgan fingerprint density at radius 1 is 1.09 bits per heavy atom. The molecule has 1 aliphatic rings. The lowest BCUT2D eigenvalue weighted by atomic mass is 10.0. The molecular weight excluding hydrogens is 406 g/mol. The van der Waals surface area contributed by atoms with Crippen molar-refractivity contribution in [1.82, 2.24) is 30.7 Å². The standard InChI is InChI=1S/C23H21N7O2/c31-22-19(9-7-15-13-16(6-8-17(15)25-22)18-10-11-24-28-18)26-23(32)21-27-20(29-30-21)12-14-4-2-1-3-5-14/h1-6,8,10-11,13,19H,7,9,12H2,(H,24,28)(H,25,31)(H,26,32)(H,27,29,30)/t19-/m0/s1. The second-order valence-corrected chi connectivity index (χ2v) is 7.67. The van der Waals surface area contributed by atoms with Crippen LogP contribution in [0, 0.1) is 0 Å². The van der Waals surface area contributed by atoms with E-state index >= 15 is 0 Å². The zero-order valence-electron chi connectivity index (χ0n) is 17.1. The molecule has 1 aliphatic heterocycles. The number of carbonyl (C=O) groups excluding carboxylic acids is 2. The van der Waals surface area contributed by atoms with Crippen molar-refractivity contribution in [2.45, 2.75) is 25.3 Å². The number of nitrogens with zero attached hydrogens (tertiary/aromatic N) is 3. The molecule has 0 spiro atoms. The number of fused-ring (bicyclic) bond motifs is 1. The van der Waals surface area contributed by atoms with Gasteiger partial charge in [-0.25, -0.2) is 0 Å². The minimum atomic E-state index is -0.675. The number of rotatable bonds is 5. The van der Waals surface area contributed by atoms with Crippen LogP contribution in [-0.4, -0.2) is 43.2 Å². The van der Waals surface area contributed by atoms with E-state index in [9.17, 15) is 9.59 Å². The first-order chi connectivity index (χ1) is 15.7. The number of nitrogens with one attached hydrogen (secondary N) is 4. The Hall–Kier alpha value is -4.27. The summed E-state index contributed by atoms with van der Waals surface area (Å²) >= 11 is 0. The number of amides is 2. The predicted molar refractivity (Wildman–Crippen MR) is 118 cm³/mol. The van der Waals surface area contributed by atoms with Gasteiger partial charge in [-0.2, -0.15) is 5.10 Å². The lowest BCUT2D eigenvalue weighted by Gasteiger charge is -2.14. The maximum absolute atomic E-state index is 12.7. The zero-order chi connectivity index (χ0) is 21.9. The van der Waals surface area contributed by atoms with Gasteiger partial charge in [0.15, 0.2) is 0 Å². The SMILES string of the molecule is O=C(N[C@H]1CCc2cc(-c3cc[nH]n3)ccc2NC1=O)c1nnc(Cc2ccccc2)[nH]1. The molecule has 32 heavy (non-hydrogen) atoms. The van der Waals surface area contributed by atoms with Crippen molar-refractivity contribution >= 4 is 17.5 Å². The van der Waals surface area contributed by atoms with Crippen LogP contribution >= 0.6 is 0 Å². The molecule has 2 aromatic carbocycles. The lowest BCUT2D eigenvalue weighted by molar-refractivity contribution is -0.118. The number of aromatic amines is 2. The van der Waals surface area contributed by atoms with Gasteiger partial charge in [-0.15, -0.1) is 10.2 Å². The van der Waals surface area contributed by atoms with Crippen LogP contribution in [0.5, 0.6) is 0 Å². The van der Waals surface area contributed by atoms with Gasteiger partial charge in [0.05, 0.1) is 5.69 Å². The maximum Gasteiger partial charge on any atom is 0.289 e. The number of hydrogen-bond acceptors (Lipinski definition) is 5. The molecule has 0 unspecified atom stereocenters. The molecule has 0 saturated heterocycles. The smallest absolute Gasteiger partial charge is 0.289 e. The summed E-state index contributed by atoms with van der Waals surface area (Å²) in [5.74, 6) is -0.0370. The van der Waals surface area contributed by atoms with Crippen LogP contribution in [0.15, 0.2) is 60.8 Å². The van der Waals surface area contributed by atoms with Crippen molar-refractivity contribution in [2.24, 2.45) is 0 Å². The van der Waals surface area contributed by atoms with Crippen LogP contribution in [0.1, 0.15) is 34.0 Å². The van der Waals surface area contributed by atoms with Crippen LogP contribution < -0.4 is 10.6 Å². The molecule has 4 aromatic rings. The van der Waals surface area contributed by atoms with Gasteiger partial charge in [-0.1, -0.05) is 36.4 Å². The normalized spacial score (nSPS) is 15.5. The van der Waals surface area contributed by atoms with Crippen molar-refractivity contribution in [3.8, 4) is 11.3 Å². The summed E-state index contributed by atoms with van der Waals surface area (Å²) in [4.78, 5) is 28.3. The van der Waals surface area contributed by atoms with Gasteiger partial charge < -0.3 is 15.6 Å². The predicted octanol–water partition coefficient (Wildman–Crippen LogP) is 2.47. The van der Waals surface area contributed by atoms with Gasteiger partial charge in [0.1, 0.15) is 11.9 Å². The molecule has 4 N–H and O–H groups in total. The molecule has 2 amide bonds. The molecule has 5 rings (SSSR count). The van der Waals surface area contributed by atoms with E-state index in [0.717, 1.165) is 28.1 Å². The topological polar surface area (TPSA) is 128 Å². The van der Waals surface area contributed by atoms with Crippen molar-refractivity contribution in [2.75, 3.05) is 5.32 Å². The summed E-state index contributed by atoms with van der Waals surface area (Å²) in [6, 6.07) is 16.8. The Kier molecular flexibility index (Phi) is 5.20. The van der Waals surface area contributed by atoms with E-state index in [1.54, 1.807) is 6.20 Å². The number of benzene rings is 2. The average Bonchev–Trinajstić information content (AvgIpc) is 3.48. The van der Waals surface area contributed by atoms with Crippen LogP contribution in [0.25, 0.3) is 11.3 Å². The van der Waals surface area contributed by atoms with Crippen LogP contribution in [0.4, 0.5) is 5.69 Å². The Morgan fingerprint density at radius 2 is 1.97 bits per heavy atom. The van der Waals surface area contributed by atoms with E-state index in [0.29, 0.717) is 25.1 Å². The quantitative estimate of drug-likeness (QED) is 0.389. The fourth-order valence-electron chi connectivity index (χ4n) is 3.79. The minimum absolute atomic E-state index is 0.0892. The molecule has 0 saturated carbocycles. The average molecular weight is 427 g/mol. The third kappa shape index (κ3) is 4.13. The van der Waals surface area contributed by atoms with Crippen LogP contribution in [-0.2, 0) is 17.6 Å². The van der Waals surface area contributed by atoms with Gasteiger partial charge in [0, 0.05) is 23.9 Å². The minimum Gasteiger partial charge on any atom is -0.337 e. The third-order valence-electron chi connectivity index (χ3n) is 5.45. The lowest BCUT2D eigenvalue weighted by Crippen LogP contribution is -2.43.